The molecule has 2 atom stereocenters. The lowest BCUT2D eigenvalue weighted by molar-refractivity contribution is -0.119. The molecule has 19 heavy (non-hydrogen) atoms. The molecule has 1 fully saturated rings. The molecule has 5 heteroatoms. The van der Waals surface area contributed by atoms with Gasteiger partial charge in [0.1, 0.15) is 0 Å². The van der Waals surface area contributed by atoms with E-state index in [1.165, 1.54) is 0 Å². The summed E-state index contributed by atoms with van der Waals surface area (Å²) in [4.78, 5) is 12.2. The van der Waals surface area contributed by atoms with Crippen LogP contribution in [0.1, 0.15) is 50.5 Å². The van der Waals surface area contributed by atoms with Crippen molar-refractivity contribution >= 4 is 11.6 Å². The number of hydrogen-bond donors (Lipinski definition) is 2. The molecule has 1 saturated carbocycles. The summed E-state index contributed by atoms with van der Waals surface area (Å²) >= 11 is 0. The van der Waals surface area contributed by atoms with Crippen molar-refractivity contribution < 1.29 is 4.79 Å². The van der Waals surface area contributed by atoms with E-state index in [1.807, 2.05) is 18.5 Å². The van der Waals surface area contributed by atoms with Crippen molar-refractivity contribution in [3.63, 3.8) is 0 Å². The second-order valence-electron chi connectivity index (χ2n) is 5.84. The number of nitrogens with two attached hydrogens (primary N) is 1. The molecule has 1 heterocycles. The molecule has 5 nitrogen and oxygen atoms in total. The molecule has 2 rings (SSSR count). The van der Waals surface area contributed by atoms with Crippen LogP contribution < -0.4 is 11.1 Å². The Morgan fingerprint density at radius 2 is 2.11 bits per heavy atom. The van der Waals surface area contributed by atoms with E-state index in [-0.39, 0.29) is 17.9 Å². The molecular weight excluding hydrogens is 240 g/mol. The van der Waals surface area contributed by atoms with Crippen molar-refractivity contribution in [2.75, 3.05) is 5.32 Å². The minimum atomic E-state index is 0.0520. The van der Waals surface area contributed by atoms with Gasteiger partial charge in [-0.1, -0.05) is 0 Å². The Hall–Kier alpha value is -1.36. The number of carbonyl (C=O) groups is 1. The third kappa shape index (κ3) is 2.81. The summed E-state index contributed by atoms with van der Waals surface area (Å²) < 4.78 is 1.95. The van der Waals surface area contributed by atoms with Crippen LogP contribution in [0.2, 0.25) is 0 Å². The van der Waals surface area contributed by atoms with Crippen LogP contribution in [-0.2, 0) is 4.79 Å². The maximum absolute atomic E-state index is 12.2. The van der Waals surface area contributed by atoms with Crippen LogP contribution in [0.5, 0.6) is 0 Å². The van der Waals surface area contributed by atoms with E-state index in [0.717, 1.165) is 36.3 Å². The van der Waals surface area contributed by atoms with Crippen LogP contribution >= 0.6 is 0 Å². The van der Waals surface area contributed by atoms with Crippen LogP contribution in [0.4, 0.5) is 5.69 Å². The number of aromatic nitrogens is 2. The van der Waals surface area contributed by atoms with Crippen molar-refractivity contribution in [3.05, 3.63) is 11.4 Å². The lowest BCUT2D eigenvalue weighted by atomic mass is 10.1. The molecule has 0 saturated heterocycles. The molecule has 1 aromatic heterocycles. The third-order valence-corrected chi connectivity index (χ3v) is 3.91. The van der Waals surface area contributed by atoms with E-state index >= 15 is 0 Å². The van der Waals surface area contributed by atoms with Crippen LogP contribution in [0.3, 0.4) is 0 Å². The average Bonchev–Trinajstić information content (AvgIpc) is 2.87. The van der Waals surface area contributed by atoms with Gasteiger partial charge in [-0.25, -0.2) is 0 Å². The Morgan fingerprint density at radius 3 is 2.58 bits per heavy atom. The quantitative estimate of drug-likeness (QED) is 0.878. The molecule has 1 aliphatic rings. The van der Waals surface area contributed by atoms with Gasteiger partial charge >= 0.3 is 0 Å². The molecule has 0 radical (unpaired) electrons. The number of aryl methyl sites for hydroxylation is 1. The van der Waals surface area contributed by atoms with E-state index in [1.54, 1.807) is 0 Å². The zero-order chi connectivity index (χ0) is 14.2. The first kappa shape index (κ1) is 14.1. The highest BCUT2D eigenvalue weighted by molar-refractivity contribution is 5.93. The molecule has 0 bridgehead atoms. The largest absolute Gasteiger partial charge is 0.328 e. The van der Waals surface area contributed by atoms with Gasteiger partial charge in [-0.05, 0) is 47.0 Å². The van der Waals surface area contributed by atoms with Crippen LogP contribution in [0.15, 0.2) is 0 Å². The lowest BCUT2D eigenvalue weighted by Crippen LogP contribution is -2.23. The van der Waals surface area contributed by atoms with E-state index < -0.39 is 0 Å². The van der Waals surface area contributed by atoms with Crippen molar-refractivity contribution in [3.8, 4) is 0 Å². The number of rotatable bonds is 3. The molecule has 3 N–H and O–H groups in total. The summed E-state index contributed by atoms with van der Waals surface area (Å²) in [5.74, 6) is 0.138. The minimum absolute atomic E-state index is 0.0520. The molecule has 2 unspecified atom stereocenters. The van der Waals surface area contributed by atoms with E-state index in [2.05, 4.69) is 24.3 Å². The Labute approximate surface area is 114 Å². The number of hydrogen-bond acceptors (Lipinski definition) is 3. The summed E-state index contributed by atoms with van der Waals surface area (Å²) in [6.45, 7) is 8.10. The van der Waals surface area contributed by atoms with E-state index in [0.29, 0.717) is 6.04 Å². The predicted molar refractivity (Wildman–Crippen MR) is 76.0 cm³/mol. The van der Waals surface area contributed by atoms with Gasteiger partial charge in [0.25, 0.3) is 0 Å². The molecule has 0 aromatic carbocycles. The standard InChI is InChI=1S/C14H24N4O/c1-8(2)18-10(4)13(9(3)17-18)16-14(19)11-5-6-12(15)7-11/h8,11-12H,5-7,15H2,1-4H3,(H,16,19). The summed E-state index contributed by atoms with van der Waals surface area (Å²) in [5.41, 5.74) is 8.62. The molecule has 1 amide bonds. The number of nitrogens with zero attached hydrogens (tertiary/aromatic N) is 2. The first-order valence-electron chi connectivity index (χ1n) is 7.02. The highest BCUT2D eigenvalue weighted by atomic mass is 16.1. The third-order valence-electron chi connectivity index (χ3n) is 3.91. The first-order chi connectivity index (χ1) is 8.90. The van der Waals surface area contributed by atoms with Crippen LogP contribution in [0, 0.1) is 19.8 Å². The number of amides is 1. The van der Waals surface area contributed by atoms with Gasteiger partial charge in [-0.2, -0.15) is 5.10 Å². The maximum Gasteiger partial charge on any atom is 0.227 e. The second-order valence-corrected chi connectivity index (χ2v) is 5.84. The monoisotopic (exact) mass is 264 g/mol. The summed E-state index contributed by atoms with van der Waals surface area (Å²) in [6, 6.07) is 0.473. The van der Waals surface area contributed by atoms with Crippen molar-refractivity contribution in [2.45, 2.75) is 59.0 Å². The Kier molecular flexibility index (Phi) is 3.94. The van der Waals surface area contributed by atoms with Crippen molar-refractivity contribution in [1.82, 2.24) is 9.78 Å². The molecule has 0 spiro atoms. The van der Waals surface area contributed by atoms with Crippen LogP contribution in [0.25, 0.3) is 0 Å². The fraction of sp³-hybridized carbons (Fsp3) is 0.714. The van der Waals surface area contributed by atoms with Crippen molar-refractivity contribution in [2.24, 2.45) is 11.7 Å². The number of carbonyl (C=O) groups excluding carboxylic acids is 1. The zero-order valence-corrected chi connectivity index (χ0v) is 12.2. The van der Waals surface area contributed by atoms with E-state index in [9.17, 15) is 4.79 Å². The van der Waals surface area contributed by atoms with Gasteiger partial charge in [0, 0.05) is 18.0 Å². The predicted octanol–water partition coefficient (Wildman–Crippen LogP) is 2.15. The lowest BCUT2D eigenvalue weighted by Gasteiger charge is -2.12. The molecule has 106 valence electrons. The molecular formula is C14H24N4O. The van der Waals surface area contributed by atoms with Crippen LogP contribution in [-0.4, -0.2) is 21.7 Å². The Morgan fingerprint density at radius 1 is 1.42 bits per heavy atom. The van der Waals surface area contributed by atoms with Gasteiger partial charge in [-0.15, -0.1) is 0 Å². The topological polar surface area (TPSA) is 72.9 Å². The van der Waals surface area contributed by atoms with Gasteiger partial charge in [0.15, 0.2) is 0 Å². The Balaban J connectivity index is 2.13. The zero-order valence-electron chi connectivity index (χ0n) is 12.2. The van der Waals surface area contributed by atoms with Crippen molar-refractivity contribution in [1.29, 1.82) is 0 Å². The van der Waals surface area contributed by atoms with Gasteiger partial charge in [0.05, 0.1) is 17.1 Å². The average molecular weight is 264 g/mol. The molecule has 1 aromatic rings. The SMILES string of the molecule is Cc1nn(C(C)C)c(C)c1NC(=O)C1CCC(N)C1. The highest BCUT2D eigenvalue weighted by Crippen LogP contribution is 2.28. The highest BCUT2D eigenvalue weighted by Gasteiger charge is 2.28. The van der Waals surface area contributed by atoms with E-state index in [4.69, 9.17) is 5.73 Å². The summed E-state index contributed by atoms with van der Waals surface area (Å²) in [6.07, 6.45) is 2.63. The maximum atomic E-state index is 12.2. The second kappa shape index (κ2) is 5.33. The Bertz CT molecular complexity index is 478. The minimum Gasteiger partial charge on any atom is -0.328 e. The summed E-state index contributed by atoms with van der Waals surface area (Å²) in [7, 11) is 0. The van der Waals surface area contributed by atoms with Gasteiger partial charge in [0.2, 0.25) is 5.91 Å². The fourth-order valence-electron chi connectivity index (χ4n) is 2.83. The number of anilines is 1. The molecule has 0 aliphatic heterocycles. The normalized spacial score (nSPS) is 23.1. The smallest absolute Gasteiger partial charge is 0.227 e. The number of nitrogens with one attached hydrogen (secondary N) is 1. The summed E-state index contributed by atoms with van der Waals surface area (Å²) in [5, 5.41) is 7.52. The fourth-order valence-corrected chi connectivity index (χ4v) is 2.83. The first-order valence-corrected chi connectivity index (χ1v) is 7.02. The van der Waals surface area contributed by atoms with Gasteiger partial charge in [-0.3, -0.25) is 9.48 Å². The molecule has 1 aliphatic carbocycles. The van der Waals surface area contributed by atoms with Gasteiger partial charge < -0.3 is 11.1 Å².